The lowest BCUT2D eigenvalue weighted by Gasteiger charge is -2.14. The standard InChI is InChI=1S/C21H15NO/c22-15-16-11-13-17(14-12-16)20-21(23-20,18-7-3-1-4-8-18)19-9-5-2-6-10-19/h1-14,20H/t20-/m0/s1. The number of nitrogens with zero attached hydrogens (tertiary/aromatic N) is 1. The van der Waals surface area contributed by atoms with Gasteiger partial charge in [0.15, 0.2) is 0 Å². The molecule has 3 aromatic rings. The molecule has 2 heteroatoms. The van der Waals surface area contributed by atoms with Crippen molar-refractivity contribution in [2.24, 2.45) is 0 Å². The topological polar surface area (TPSA) is 36.3 Å². The molecule has 23 heavy (non-hydrogen) atoms. The fourth-order valence-corrected chi connectivity index (χ4v) is 3.16. The third-order valence-corrected chi connectivity index (χ3v) is 4.36. The lowest BCUT2D eigenvalue weighted by molar-refractivity contribution is 0.329. The van der Waals surface area contributed by atoms with Gasteiger partial charge in [-0.1, -0.05) is 72.8 Å². The molecular formula is C21H15NO. The predicted octanol–water partition coefficient (Wildman–Crippen LogP) is 4.57. The van der Waals surface area contributed by atoms with Crippen LogP contribution in [-0.2, 0) is 10.3 Å². The van der Waals surface area contributed by atoms with Crippen LogP contribution < -0.4 is 0 Å². The summed E-state index contributed by atoms with van der Waals surface area (Å²) in [5, 5.41) is 8.96. The van der Waals surface area contributed by atoms with Gasteiger partial charge >= 0.3 is 0 Å². The van der Waals surface area contributed by atoms with Crippen molar-refractivity contribution in [2.75, 3.05) is 0 Å². The van der Waals surface area contributed by atoms with Gasteiger partial charge in [-0.15, -0.1) is 0 Å². The molecule has 0 aromatic heterocycles. The molecule has 0 radical (unpaired) electrons. The second kappa shape index (κ2) is 5.39. The number of hydrogen-bond acceptors (Lipinski definition) is 2. The Balaban J connectivity index is 1.79. The summed E-state index contributed by atoms with van der Waals surface area (Å²) in [5.74, 6) is 0. The Labute approximate surface area is 135 Å². The van der Waals surface area contributed by atoms with Crippen molar-refractivity contribution < 1.29 is 4.74 Å². The summed E-state index contributed by atoms with van der Waals surface area (Å²) in [6.45, 7) is 0. The lowest BCUT2D eigenvalue weighted by atomic mass is 9.85. The molecular weight excluding hydrogens is 282 g/mol. The first kappa shape index (κ1) is 13.8. The Hall–Kier alpha value is -2.89. The summed E-state index contributed by atoms with van der Waals surface area (Å²) in [7, 11) is 0. The van der Waals surface area contributed by atoms with Gasteiger partial charge in [0.1, 0.15) is 11.7 Å². The molecule has 0 bridgehead atoms. The van der Waals surface area contributed by atoms with Crippen molar-refractivity contribution in [3.63, 3.8) is 0 Å². The predicted molar refractivity (Wildman–Crippen MR) is 88.6 cm³/mol. The average Bonchev–Trinajstić information content (AvgIpc) is 3.40. The summed E-state index contributed by atoms with van der Waals surface area (Å²) in [6.07, 6.45) is -0.0277. The van der Waals surface area contributed by atoms with Crippen LogP contribution in [0.2, 0.25) is 0 Å². The van der Waals surface area contributed by atoms with Crippen LogP contribution in [0.15, 0.2) is 84.9 Å². The highest BCUT2D eigenvalue weighted by molar-refractivity contribution is 5.47. The third kappa shape index (κ3) is 2.23. The zero-order valence-electron chi connectivity index (χ0n) is 12.5. The van der Waals surface area contributed by atoms with Crippen molar-refractivity contribution in [3.8, 4) is 6.07 Å². The fourth-order valence-electron chi connectivity index (χ4n) is 3.16. The second-order valence-electron chi connectivity index (χ2n) is 5.70. The molecule has 1 heterocycles. The van der Waals surface area contributed by atoms with E-state index in [-0.39, 0.29) is 6.10 Å². The Morgan fingerprint density at radius 3 is 1.74 bits per heavy atom. The van der Waals surface area contributed by atoms with Gasteiger partial charge in [-0.05, 0) is 28.8 Å². The van der Waals surface area contributed by atoms with E-state index in [1.165, 1.54) is 0 Å². The Bertz CT molecular complexity index is 808. The van der Waals surface area contributed by atoms with Crippen molar-refractivity contribution in [1.29, 1.82) is 5.26 Å². The molecule has 0 amide bonds. The third-order valence-electron chi connectivity index (χ3n) is 4.36. The van der Waals surface area contributed by atoms with Gasteiger partial charge in [0, 0.05) is 0 Å². The van der Waals surface area contributed by atoms with E-state index in [1.54, 1.807) is 0 Å². The first-order valence-corrected chi connectivity index (χ1v) is 7.63. The van der Waals surface area contributed by atoms with E-state index in [0.29, 0.717) is 5.56 Å². The SMILES string of the molecule is N#Cc1ccc([C@@H]2OC2(c2ccccc2)c2ccccc2)cc1. The van der Waals surface area contributed by atoms with Crippen molar-refractivity contribution >= 4 is 0 Å². The number of epoxide rings is 1. The molecule has 1 saturated heterocycles. The van der Waals surface area contributed by atoms with Gasteiger partial charge < -0.3 is 4.74 Å². The van der Waals surface area contributed by atoms with E-state index < -0.39 is 5.60 Å². The Kier molecular flexibility index (Phi) is 3.22. The monoisotopic (exact) mass is 297 g/mol. The van der Waals surface area contributed by atoms with Gasteiger partial charge in [-0.3, -0.25) is 0 Å². The molecule has 3 aromatic carbocycles. The molecule has 1 aliphatic rings. The van der Waals surface area contributed by atoms with Crippen LogP contribution in [0.25, 0.3) is 0 Å². The van der Waals surface area contributed by atoms with Crippen LogP contribution in [0.5, 0.6) is 0 Å². The van der Waals surface area contributed by atoms with E-state index in [9.17, 15) is 0 Å². The Morgan fingerprint density at radius 1 is 0.739 bits per heavy atom. The Morgan fingerprint density at radius 2 is 1.26 bits per heavy atom. The van der Waals surface area contributed by atoms with Gasteiger partial charge in [0.25, 0.3) is 0 Å². The van der Waals surface area contributed by atoms with Crippen LogP contribution >= 0.6 is 0 Å². The molecule has 0 spiro atoms. The lowest BCUT2D eigenvalue weighted by Crippen LogP contribution is -2.12. The summed E-state index contributed by atoms with van der Waals surface area (Å²) in [5.41, 5.74) is 3.63. The van der Waals surface area contributed by atoms with E-state index in [2.05, 4.69) is 30.3 Å². The molecule has 1 fully saturated rings. The number of nitriles is 1. The van der Waals surface area contributed by atoms with Crippen LogP contribution in [-0.4, -0.2) is 0 Å². The summed E-state index contributed by atoms with van der Waals surface area (Å²) < 4.78 is 6.25. The molecule has 110 valence electrons. The first-order valence-electron chi connectivity index (χ1n) is 7.63. The van der Waals surface area contributed by atoms with Gasteiger partial charge in [0.2, 0.25) is 0 Å². The van der Waals surface area contributed by atoms with Crippen LogP contribution in [0.1, 0.15) is 28.4 Å². The molecule has 4 rings (SSSR count). The highest BCUT2D eigenvalue weighted by Gasteiger charge is 2.59. The molecule has 0 aliphatic carbocycles. The van der Waals surface area contributed by atoms with Crippen molar-refractivity contribution in [2.45, 2.75) is 11.7 Å². The van der Waals surface area contributed by atoms with Crippen molar-refractivity contribution in [1.82, 2.24) is 0 Å². The summed E-state index contributed by atoms with van der Waals surface area (Å²) in [6, 6.07) is 30.4. The highest BCUT2D eigenvalue weighted by Crippen LogP contribution is 2.60. The van der Waals surface area contributed by atoms with E-state index >= 15 is 0 Å². The fraction of sp³-hybridized carbons (Fsp3) is 0.0952. The zero-order valence-corrected chi connectivity index (χ0v) is 12.5. The first-order chi connectivity index (χ1) is 11.3. The number of hydrogen-bond donors (Lipinski definition) is 0. The van der Waals surface area contributed by atoms with Gasteiger partial charge in [0.05, 0.1) is 11.6 Å². The van der Waals surface area contributed by atoms with Crippen molar-refractivity contribution in [3.05, 3.63) is 107 Å². The quantitative estimate of drug-likeness (QED) is 0.664. The minimum Gasteiger partial charge on any atom is -0.351 e. The van der Waals surface area contributed by atoms with Crippen LogP contribution in [0, 0.1) is 11.3 Å². The van der Waals surface area contributed by atoms with Gasteiger partial charge in [-0.25, -0.2) is 0 Å². The van der Waals surface area contributed by atoms with Gasteiger partial charge in [-0.2, -0.15) is 5.26 Å². The minimum absolute atomic E-state index is 0.0277. The molecule has 0 saturated carbocycles. The number of rotatable bonds is 3. The van der Waals surface area contributed by atoms with E-state index in [4.69, 9.17) is 10.00 Å². The largest absolute Gasteiger partial charge is 0.351 e. The van der Waals surface area contributed by atoms with Crippen LogP contribution in [0.4, 0.5) is 0 Å². The molecule has 1 atom stereocenters. The molecule has 1 aliphatic heterocycles. The minimum atomic E-state index is -0.434. The van der Waals surface area contributed by atoms with E-state index in [1.807, 2.05) is 60.7 Å². The molecule has 0 unspecified atom stereocenters. The average molecular weight is 297 g/mol. The maximum atomic E-state index is 8.96. The summed E-state index contributed by atoms with van der Waals surface area (Å²) in [4.78, 5) is 0. The molecule has 2 nitrogen and oxygen atoms in total. The van der Waals surface area contributed by atoms with E-state index in [0.717, 1.165) is 16.7 Å². The normalized spacial score (nSPS) is 18.1. The summed E-state index contributed by atoms with van der Waals surface area (Å²) >= 11 is 0. The smallest absolute Gasteiger partial charge is 0.149 e. The maximum Gasteiger partial charge on any atom is 0.149 e. The maximum absolute atomic E-state index is 8.96. The number of benzene rings is 3. The highest BCUT2D eigenvalue weighted by atomic mass is 16.6. The number of ether oxygens (including phenoxy) is 1. The zero-order chi connectivity index (χ0) is 15.7. The molecule has 0 N–H and O–H groups in total. The second-order valence-corrected chi connectivity index (χ2v) is 5.70. The van der Waals surface area contributed by atoms with Crippen LogP contribution in [0.3, 0.4) is 0 Å².